The van der Waals surface area contributed by atoms with E-state index in [-0.39, 0.29) is 0 Å². The lowest BCUT2D eigenvalue weighted by Gasteiger charge is -1.98. The molecule has 2 heterocycles. The van der Waals surface area contributed by atoms with Crippen molar-refractivity contribution in [3.63, 3.8) is 0 Å². The lowest BCUT2D eigenvalue weighted by Crippen LogP contribution is -1.90. The zero-order chi connectivity index (χ0) is 7.97. The second kappa shape index (κ2) is 2.11. The predicted octanol–water partition coefficient (Wildman–Crippen LogP) is 2.17. The molecular weight excluding hydrogens is 150 g/mol. The summed E-state index contributed by atoms with van der Waals surface area (Å²) in [7, 11) is 0. The van der Waals surface area contributed by atoms with Crippen molar-refractivity contribution in [2.75, 3.05) is 6.61 Å². The van der Waals surface area contributed by atoms with Crippen LogP contribution in [0.5, 0.6) is 0 Å². The number of nitrogens with zero attached hydrogens (tertiary/aromatic N) is 1. The highest BCUT2D eigenvalue weighted by molar-refractivity contribution is 5.80. The molecule has 2 heteroatoms. The average Bonchev–Trinajstić information content (AvgIpc) is 2.86. The van der Waals surface area contributed by atoms with Gasteiger partial charge in [0.15, 0.2) is 6.23 Å². The Bertz CT molecular complexity index is 414. The van der Waals surface area contributed by atoms with E-state index in [4.69, 9.17) is 4.74 Å². The number of ether oxygens (including phenoxy) is 1. The fraction of sp³-hybridized carbons (Fsp3) is 0.200. The minimum Gasteiger partial charge on any atom is -0.351 e. The van der Waals surface area contributed by atoms with E-state index in [0.29, 0.717) is 6.23 Å². The average molecular weight is 159 g/mol. The van der Waals surface area contributed by atoms with Crippen molar-refractivity contribution in [1.29, 1.82) is 0 Å². The highest BCUT2D eigenvalue weighted by Gasteiger charge is 2.24. The van der Waals surface area contributed by atoms with Gasteiger partial charge in [0.1, 0.15) is 0 Å². The molecule has 0 amide bonds. The Kier molecular flexibility index (Phi) is 1.10. The van der Waals surface area contributed by atoms with Crippen LogP contribution in [0.4, 0.5) is 0 Å². The molecule has 1 saturated heterocycles. The van der Waals surface area contributed by atoms with E-state index < -0.39 is 0 Å². The van der Waals surface area contributed by atoms with Gasteiger partial charge in [-0.1, -0.05) is 18.2 Å². The number of benzene rings is 1. The molecule has 1 aromatic carbocycles. The number of para-hydroxylation sites is 1. The maximum atomic E-state index is 5.22. The molecule has 0 spiro atoms. The van der Waals surface area contributed by atoms with E-state index in [1.54, 1.807) is 0 Å². The second-order valence-electron chi connectivity index (χ2n) is 3.07. The first-order chi connectivity index (χ1) is 5.95. The van der Waals surface area contributed by atoms with Gasteiger partial charge < -0.3 is 9.30 Å². The SMILES string of the molecule is c1ccc2c(c1)ccn2C1CO1. The minimum atomic E-state index is 0.296. The fourth-order valence-corrected chi connectivity index (χ4v) is 1.56. The molecule has 1 unspecified atom stereocenters. The van der Waals surface area contributed by atoms with Gasteiger partial charge in [0.05, 0.1) is 12.1 Å². The summed E-state index contributed by atoms with van der Waals surface area (Å²) in [6, 6.07) is 10.5. The van der Waals surface area contributed by atoms with Gasteiger partial charge in [0.25, 0.3) is 0 Å². The van der Waals surface area contributed by atoms with E-state index in [2.05, 4.69) is 41.1 Å². The number of fused-ring (bicyclic) bond motifs is 1. The summed E-state index contributed by atoms with van der Waals surface area (Å²) in [4.78, 5) is 0. The van der Waals surface area contributed by atoms with Gasteiger partial charge in [-0.2, -0.15) is 0 Å². The number of hydrogen-bond acceptors (Lipinski definition) is 1. The van der Waals surface area contributed by atoms with Crippen molar-refractivity contribution in [1.82, 2.24) is 4.57 Å². The second-order valence-corrected chi connectivity index (χ2v) is 3.07. The van der Waals surface area contributed by atoms with Crippen LogP contribution in [0.2, 0.25) is 0 Å². The van der Waals surface area contributed by atoms with E-state index in [9.17, 15) is 0 Å². The quantitative estimate of drug-likeness (QED) is 0.583. The van der Waals surface area contributed by atoms with Crippen molar-refractivity contribution < 1.29 is 4.74 Å². The van der Waals surface area contributed by atoms with Crippen molar-refractivity contribution in [2.24, 2.45) is 0 Å². The van der Waals surface area contributed by atoms with Gasteiger partial charge >= 0.3 is 0 Å². The smallest absolute Gasteiger partial charge is 0.157 e. The summed E-state index contributed by atoms with van der Waals surface area (Å²) in [6.07, 6.45) is 2.38. The molecule has 12 heavy (non-hydrogen) atoms. The first-order valence-electron chi connectivity index (χ1n) is 4.12. The molecule has 1 aliphatic heterocycles. The highest BCUT2D eigenvalue weighted by Crippen LogP contribution is 2.28. The molecule has 1 aliphatic rings. The monoisotopic (exact) mass is 159 g/mol. The summed E-state index contributed by atoms with van der Waals surface area (Å²) >= 11 is 0. The lowest BCUT2D eigenvalue weighted by molar-refractivity contribution is 0.360. The van der Waals surface area contributed by atoms with Crippen molar-refractivity contribution in [2.45, 2.75) is 6.23 Å². The Labute approximate surface area is 70.4 Å². The van der Waals surface area contributed by atoms with Gasteiger partial charge in [-0.15, -0.1) is 0 Å². The van der Waals surface area contributed by atoms with Crippen LogP contribution in [-0.4, -0.2) is 11.2 Å². The van der Waals surface area contributed by atoms with Gasteiger partial charge in [-0.3, -0.25) is 0 Å². The molecule has 0 aliphatic carbocycles. The number of aromatic nitrogens is 1. The van der Waals surface area contributed by atoms with Crippen LogP contribution >= 0.6 is 0 Å². The molecule has 0 bridgehead atoms. The number of rotatable bonds is 1. The Morgan fingerprint density at radius 2 is 2.08 bits per heavy atom. The van der Waals surface area contributed by atoms with E-state index in [0.717, 1.165) is 6.61 Å². The molecule has 60 valence electrons. The van der Waals surface area contributed by atoms with Crippen LogP contribution in [0.15, 0.2) is 36.5 Å². The molecule has 1 atom stereocenters. The summed E-state index contributed by atoms with van der Waals surface area (Å²) in [5.41, 5.74) is 1.26. The zero-order valence-corrected chi connectivity index (χ0v) is 6.60. The van der Waals surface area contributed by atoms with Crippen molar-refractivity contribution in [3.05, 3.63) is 36.5 Å². The van der Waals surface area contributed by atoms with Crippen molar-refractivity contribution in [3.8, 4) is 0 Å². The van der Waals surface area contributed by atoms with Crippen LogP contribution < -0.4 is 0 Å². The van der Waals surface area contributed by atoms with Crippen LogP contribution in [-0.2, 0) is 4.74 Å². The lowest BCUT2D eigenvalue weighted by atomic mass is 10.2. The summed E-state index contributed by atoms with van der Waals surface area (Å²) < 4.78 is 7.40. The summed E-state index contributed by atoms with van der Waals surface area (Å²) in [5, 5.41) is 1.29. The molecule has 0 N–H and O–H groups in total. The largest absolute Gasteiger partial charge is 0.351 e. The molecule has 0 saturated carbocycles. The van der Waals surface area contributed by atoms with E-state index >= 15 is 0 Å². The van der Waals surface area contributed by atoms with Crippen LogP contribution in [0, 0.1) is 0 Å². The molecule has 1 aromatic heterocycles. The van der Waals surface area contributed by atoms with E-state index in [1.807, 2.05) is 0 Å². The maximum absolute atomic E-state index is 5.22. The number of hydrogen-bond donors (Lipinski definition) is 0. The normalized spacial score (nSPS) is 21.5. The zero-order valence-electron chi connectivity index (χ0n) is 6.60. The summed E-state index contributed by atoms with van der Waals surface area (Å²) in [6.45, 7) is 0.860. The topological polar surface area (TPSA) is 17.5 Å². The van der Waals surface area contributed by atoms with Gasteiger partial charge in [0.2, 0.25) is 0 Å². The third-order valence-electron chi connectivity index (χ3n) is 2.26. The first kappa shape index (κ1) is 6.26. The number of epoxide rings is 1. The van der Waals surface area contributed by atoms with Crippen LogP contribution in [0.25, 0.3) is 10.9 Å². The van der Waals surface area contributed by atoms with Crippen molar-refractivity contribution >= 4 is 10.9 Å². The first-order valence-corrected chi connectivity index (χ1v) is 4.12. The Balaban J connectivity index is 2.30. The van der Waals surface area contributed by atoms with Gasteiger partial charge in [-0.25, -0.2) is 0 Å². The predicted molar refractivity (Wildman–Crippen MR) is 46.9 cm³/mol. The van der Waals surface area contributed by atoms with Gasteiger partial charge in [-0.05, 0) is 17.5 Å². The van der Waals surface area contributed by atoms with E-state index in [1.165, 1.54) is 10.9 Å². The van der Waals surface area contributed by atoms with Crippen LogP contribution in [0.1, 0.15) is 6.23 Å². The molecule has 2 nitrogen and oxygen atoms in total. The Morgan fingerprint density at radius 3 is 2.92 bits per heavy atom. The summed E-state index contributed by atoms with van der Waals surface area (Å²) in [5.74, 6) is 0. The molecule has 0 radical (unpaired) electrons. The Hall–Kier alpha value is -1.28. The third kappa shape index (κ3) is 0.786. The highest BCUT2D eigenvalue weighted by atomic mass is 16.6. The third-order valence-corrected chi connectivity index (χ3v) is 2.26. The fourth-order valence-electron chi connectivity index (χ4n) is 1.56. The molecule has 3 rings (SSSR count). The minimum absolute atomic E-state index is 0.296. The standard InChI is InChI=1S/C10H9NO/c1-2-4-9-8(3-1)5-6-11(9)10-7-12-10/h1-6,10H,7H2. The molecular formula is C10H9NO. The molecule has 2 aromatic rings. The van der Waals surface area contributed by atoms with Crippen LogP contribution in [0.3, 0.4) is 0 Å². The molecule has 1 fully saturated rings. The maximum Gasteiger partial charge on any atom is 0.157 e. The van der Waals surface area contributed by atoms with Gasteiger partial charge in [0, 0.05) is 6.20 Å². The Morgan fingerprint density at radius 1 is 1.25 bits per heavy atom.